The van der Waals surface area contributed by atoms with Crippen LogP contribution in [0.15, 0.2) is 22.7 Å². The van der Waals surface area contributed by atoms with Gasteiger partial charge in [0.15, 0.2) is 5.82 Å². The molecule has 3 rings (SSSR count). The fraction of sp³-hybridized carbons (Fsp3) is 0.500. The Hall–Kier alpha value is -2.25. The van der Waals surface area contributed by atoms with Crippen LogP contribution in [0.1, 0.15) is 31.2 Å². The topological polar surface area (TPSA) is 103 Å². The van der Waals surface area contributed by atoms with E-state index in [0.29, 0.717) is 37.0 Å². The zero-order chi connectivity index (χ0) is 17.8. The fourth-order valence-corrected chi connectivity index (χ4v) is 2.91. The quantitative estimate of drug-likeness (QED) is 0.862. The summed E-state index contributed by atoms with van der Waals surface area (Å²) >= 11 is 0. The van der Waals surface area contributed by atoms with Crippen molar-refractivity contribution in [2.75, 3.05) is 18.5 Å². The van der Waals surface area contributed by atoms with E-state index in [-0.39, 0.29) is 11.8 Å². The minimum Gasteiger partial charge on any atom is -0.381 e. The summed E-state index contributed by atoms with van der Waals surface area (Å²) < 4.78 is 10.6. The number of nitrogens with zero attached hydrogens (tertiary/aromatic N) is 2. The normalized spacial score (nSPS) is 16.6. The van der Waals surface area contributed by atoms with Gasteiger partial charge in [0.25, 0.3) is 5.89 Å². The zero-order valence-electron chi connectivity index (χ0n) is 14.6. The SMILES string of the molecule is CCc1noc(-c2ccc(C)c(NC(=O)C(N)C3CCOCC3)c2)n1. The molecule has 1 aliphatic rings. The Morgan fingerprint density at radius 2 is 2.16 bits per heavy atom. The van der Waals surface area contributed by atoms with Crippen molar-refractivity contribution in [3.8, 4) is 11.5 Å². The highest BCUT2D eigenvalue weighted by atomic mass is 16.5. The summed E-state index contributed by atoms with van der Waals surface area (Å²) in [7, 11) is 0. The van der Waals surface area contributed by atoms with Gasteiger partial charge in [0.05, 0.1) is 6.04 Å². The van der Waals surface area contributed by atoms with E-state index in [4.69, 9.17) is 15.0 Å². The Morgan fingerprint density at radius 3 is 2.84 bits per heavy atom. The maximum absolute atomic E-state index is 12.5. The van der Waals surface area contributed by atoms with Crippen molar-refractivity contribution in [1.29, 1.82) is 0 Å². The summed E-state index contributed by atoms with van der Waals surface area (Å²) in [5.41, 5.74) is 8.58. The molecule has 7 heteroatoms. The van der Waals surface area contributed by atoms with Gasteiger partial charge in [0, 0.05) is 30.9 Å². The van der Waals surface area contributed by atoms with Gasteiger partial charge in [0.1, 0.15) is 0 Å². The lowest BCUT2D eigenvalue weighted by atomic mass is 9.91. The molecule has 0 bridgehead atoms. The zero-order valence-corrected chi connectivity index (χ0v) is 14.6. The molecular weight excluding hydrogens is 320 g/mol. The molecule has 1 saturated heterocycles. The molecule has 1 aliphatic heterocycles. The highest BCUT2D eigenvalue weighted by molar-refractivity contribution is 5.96. The molecule has 0 aliphatic carbocycles. The molecule has 2 aromatic rings. The smallest absolute Gasteiger partial charge is 0.257 e. The van der Waals surface area contributed by atoms with Gasteiger partial charge in [-0.3, -0.25) is 4.79 Å². The standard InChI is InChI=1S/C18H24N4O3/c1-3-15-21-18(25-22-15)13-5-4-11(2)14(10-13)20-17(23)16(19)12-6-8-24-9-7-12/h4-5,10,12,16H,3,6-9,19H2,1-2H3,(H,20,23). The van der Waals surface area contributed by atoms with Gasteiger partial charge in [-0.15, -0.1) is 0 Å². The second-order valence-electron chi connectivity index (χ2n) is 6.36. The lowest BCUT2D eigenvalue weighted by molar-refractivity contribution is -0.119. The van der Waals surface area contributed by atoms with Crippen molar-refractivity contribution in [3.63, 3.8) is 0 Å². The van der Waals surface area contributed by atoms with Crippen LogP contribution >= 0.6 is 0 Å². The Bertz CT molecular complexity index is 738. The predicted octanol–water partition coefficient (Wildman–Crippen LogP) is 2.30. The van der Waals surface area contributed by atoms with Gasteiger partial charge < -0.3 is 20.3 Å². The maximum Gasteiger partial charge on any atom is 0.257 e. The Kier molecular flexibility index (Phi) is 5.45. The number of ether oxygens (including phenoxy) is 1. The molecule has 1 amide bonds. The number of nitrogens with two attached hydrogens (primary N) is 1. The average Bonchev–Trinajstić information content (AvgIpc) is 3.12. The van der Waals surface area contributed by atoms with Crippen molar-refractivity contribution in [3.05, 3.63) is 29.6 Å². The third-order valence-electron chi connectivity index (χ3n) is 4.60. The number of hydrogen-bond acceptors (Lipinski definition) is 6. The number of carbonyl (C=O) groups excluding carboxylic acids is 1. The second kappa shape index (κ2) is 7.76. The molecule has 1 unspecified atom stereocenters. The molecule has 7 nitrogen and oxygen atoms in total. The Morgan fingerprint density at radius 1 is 1.40 bits per heavy atom. The minimum absolute atomic E-state index is 0.153. The summed E-state index contributed by atoms with van der Waals surface area (Å²) in [5, 5.41) is 6.85. The molecule has 0 radical (unpaired) electrons. The van der Waals surface area contributed by atoms with Crippen LogP contribution in [0.4, 0.5) is 5.69 Å². The second-order valence-corrected chi connectivity index (χ2v) is 6.36. The van der Waals surface area contributed by atoms with Crippen LogP contribution in [0.3, 0.4) is 0 Å². The van der Waals surface area contributed by atoms with Crippen molar-refractivity contribution >= 4 is 11.6 Å². The third kappa shape index (κ3) is 4.05. The number of carbonyl (C=O) groups is 1. The van der Waals surface area contributed by atoms with Crippen molar-refractivity contribution in [2.24, 2.45) is 11.7 Å². The summed E-state index contributed by atoms with van der Waals surface area (Å²) in [4.78, 5) is 16.9. The number of anilines is 1. The first-order chi connectivity index (χ1) is 12.1. The van der Waals surface area contributed by atoms with E-state index in [1.54, 1.807) is 0 Å². The molecular formula is C18H24N4O3. The molecule has 2 heterocycles. The van der Waals surface area contributed by atoms with Crippen molar-refractivity contribution < 1.29 is 14.1 Å². The van der Waals surface area contributed by atoms with E-state index >= 15 is 0 Å². The van der Waals surface area contributed by atoms with E-state index in [1.165, 1.54) is 0 Å². The van der Waals surface area contributed by atoms with Crippen molar-refractivity contribution in [1.82, 2.24) is 10.1 Å². The average molecular weight is 344 g/mol. The Balaban J connectivity index is 1.74. The number of aromatic nitrogens is 2. The number of amides is 1. The molecule has 25 heavy (non-hydrogen) atoms. The fourth-order valence-electron chi connectivity index (χ4n) is 2.91. The van der Waals surface area contributed by atoms with Gasteiger partial charge >= 0.3 is 0 Å². The van der Waals surface area contributed by atoms with Crippen LogP contribution < -0.4 is 11.1 Å². The first-order valence-electron chi connectivity index (χ1n) is 8.66. The van der Waals surface area contributed by atoms with E-state index in [1.807, 2.05) is 32.0 Å². The Labute approximate surface area is 146 Å². The van der Waals surface area contributed by atoms with Crippen LogP contribution in [0, 0.1) is 12.8 Å². The van der Waals surface area contributed by atoms with Gasteiger partial charge in [-0.25, -0.2) is 0 Å². The van der Waals surface area contributed by atoms with E-state index in [0.717, 1.165) is 24.0 Å². The van der Waals surface area contributed by atoms with Gasteiger partial charge in [-0.05, 0) is 43.4 Å². The molecule has 1 aromatic heterocycles. The number of benzene rings is 1. The molecule has 1 fully saturated rings. The summed E-state index contributed by atoms with van der Waals surface area (Å²) in [5.74, 6) is 1.08. The van der Waals surface area contributed by atoms with Gasteiger partial charge in [0.2, 0.25) is 5.91 Å². The predicted molar refractivity (Wildman–Crippen MR) is 94.0 cm³/mol. The number of hydrogen-bond donors (Lipinski definition) is 2. The van der Waals surface area contributed by atoms with E-state index < -0.39 is 6.04 Å². The monoisotopic (exact) mass is 344 g/mol. The highest BCUT2D eigenvalue weighted by Gasteiger charge is 2.27. The highest BCUT2D eigenvalue weighted by Crippen LogP contribution is 2.25. The van der Waals surface area contributed by atoms with Crippen LogP contribution in [0.5, 0.6) is 0 Å². The van der Waals surface area contributed by atoms with Crippen LogP contribution in [-0.2, 0) is 16.0 Å². The molecule has 0 saturated carbocycles. The van der Waals surface area contributed by atoms with E-state index in [2.05, 4.69) is 15.5 Å². The molecule has 1 aromatic carbocycles. The van der Waals surface area contributed by atoms with Crippen LogP contribution in [-0.4, -0.2) is 35.3 Å². The van der Waals surface area contributed by atoms with Gasteiger partial charge in [-0.1, -0.05) is 18.1 Å². The summed E-state index contributed by atoms with van der Waals surface area (Å²) in [6, 6.07) is 5.12. The minimum atomic E-state index is -0.540. The molecule has 134 valence electrons. The lowest BCUT2D eigenvalue weighted by Crippen LogP contribution is -2.44. The van der Waals surface area contributed by atoms with Gasteiger partial charge in [-0.2, -0.15) is 4.98 Å². The summed E-state index contributed by atoms with van der Waals surface area (Å²) in [6.45, 7) is 5.23. The molecule has 0 spiro atoms. The number of rotatable bonds is 5. The molecule has 1 atom stereocenters. The van der Waals surface area contributed by atoms with Crippen molar-refractivity contribution in [2.45, 2.75) is 39.2 Å². The van der Waals surface area contributed by atoms with Crippen LogP contribution in [0.25, 0.3) is 11.5 Å². The van der Waals surface area contributed by atoms with E-state index in [9.17, 15) is 4.79 Å². The number of aryl methyl sites for hydroxylation is 2. The largest absolute Gasteiger partial charge is 0.381 e. The maximum atomic E-state index is 12.5. The third-order valence-corrected chi connectivity index (χ3v) is 4.60. The molecule has 3 N–H and O–H groups in total. The first-order valence-corrected chi connectivity index (χ1v) is 8.66. The lowest BCUT2D eigenvalue weighted by Gasteiger charge is -2.27. The first kappa shape index (κ1) is 17.6. The summed E-state index contributed by atoms with van der Waals surface area (Å²) in [6.07, 6.45) is 2.34. The van der Waals surface area contributed by atoms with Crippen LogP contribution in [0.2, 0.25) is 0 Å². The number of nitrogens with one attached hydrogen (secondary N) is 1.